The van der Waals surface area contributed by atoms with Crippen LogP contribution in [0.15, 0.2) is 24.4 Å². The van der Waals surface area contributed by atoms with Crippen molar-refractivity contribution in [3.63, 3.8) is 0 Å². The molecule has 6 heteroatoms. The lowest BCUT2D eigenvalue weighted by Gasteiger charge is -2.10. The first-order chi connectivity index (χ1) is 9.10. The Labute approximate surface area is 108 Å². The van der Waals surface area contributed by atoms with Crippen molar-refractivity contribution in [2.45, 2.75) is 18.3 Å². The molecule has 2 heterocycles. The summed E-state index contributed by atoms with van der Waals surface area (Å²) >= 11 is 0. The Balaban J connectivity index is 2.26. The van der Waals surface area contributed by atoms with Crippen molar-refractivity contribution in [1.29, 1.82) is 0 Å². The highest BCUT2D eigenvalue weighted by molar-refractivity contribution is 5.95. The molecule has 1 fully saturated rings. The number of ether oxygens (including phenoxy) is 1. The van der Waals surface area contributed by atoms with E-state index in [-0.39, 0.29) is 11.7 Å². The highest BCUT2D eigenvalue weighted by Gasteiger charge is 2.56. The van der Waals surface area contributed by atoms with E-state index >= 15 is 0 Å². The molecule has 19 heavy (non-hydrogen) atoms. The number of methoxy groups -OCH3 is 1. The maximum atomic E-state index is 11.9. The number of aromatic carboxylic acids is 1. The van der Waals surface area contributed by atoms with Crippen molar-refractivity contribution >= 4 is 17.5 Å². The predicted molar refractivity (Wildman–Crippen MR) is 65.1 cm³/mol. The van der Waals surface area contributed by atoms with Gasteiger partial charge < -0.3 is 14.2 Å². The topological polar surface area (TPSA) is 80.9 Å². The zero-order chi connectivity index (χ0) is 13.6. The molecule has 98 valence electrons. The number of carboxylic acid groups (broad SMARTS) is 1. The molecule has 1 saturated carbocycles. The molecule has 3 rings (SSSR count). The number of carbonyl (C=O) groups is 2. The lowest BCUT2D eigenvalue weighted by Crippen LogP contribution is -2.24. The third kappa shape index (κ3) is 1.53. The molecule has 1 N–H and O–H groups in total. The quantitative estimate of drug-likeness (QED) is 0.840. The van der Waals surface area contributed by atoms with Gasteiger partial charge in [0.05, 0.1) is 12.6 Å². The number of rotatable bonds is 3. The molecular weight excluding hydrogens is 248 g/mol. The summed E-state index contributed by atoms with van der Waals surface area (Å²) in [5.41, 5.74) is -0.335. The number of hydrogen-bond acceptors (Lipinski definition) is 4. The zero-order valence-corrected chi connectivity index (χ0v) is 10.3. The number of imidazole rings is 1. The Hall–Kier alpha value is -2.37. The van der Waals surface area contributed by atoms with E-state index in [0.29, 0.717) is 24.2 Å². The van der Waals surface area contributed by atoms with Crippen molar-refractivity contribution in [3.8, 4) is 0 Å². The molecule has 0 amide bonds. The van der Waals surface area contributed by atoms with Crippen LogP contribution in [0.5, 0.6) is 0 Å². The Morgan fingerprint density at radius 3 is 2.74 bits per heavy atom. The van der Waals surface area contributed by atoms with E-state index in [2.05, 4.69) is 4.98 Å². The third-order valence-corrected chi connectivity index (χ3v) is 3.51. The van der Waals surface area contributed by atoms with Crippen molar-refractivity contribution < 1.29 is 19.4 Å². The molecule has 0 radical (unpaired) electrons. The number of fused-ring (bicyclic) bond motifs is 1. The molecule has 1 aliphatic rings. The van der Waals surface area contributed by atoms with Crippen LogP contribution in [0.25, 0.3) is 5.52 Å². The smallest absolute Gasteiger partial charge is 0.356 e. The average Bonchev–Trinajstić information content (AvgIpc) is 3.12. The van der Waals surface area contributed by atoms with E-state index in [0.717, 1.165) is 0 Å². The van der Waals surface area contributed by atoms with Gasteiger partial charge in [0.25, 0.3) is 0 Å². The fourth-order valence-corrected chi connectivity index (χ4v) is 2.37. The van der Waals surface area contributed by atoms with Crippen LogP contribution in [-0.2, 0) is 14.9 Å². The summed E-state index contributed by atoms with van der Waals surface area (Å²) in [4.78, 5) is 27.3. The fraction of sp³-hybridized carbons (Fsp3) is 0.308. The summed E-state index contributed by atoms with van der Waals surface area (Å²) in [5.74, 6) is -1.01. The Bertz CT molecular complexity index is 685. The second-order valence-corrected chi connectivity index (χ2v) is 4.62. The zero-order valence-electron chi connectivity index (χ0n) is 10.3. The minimum atomic E-state index is -1.10. The van der Waals surface area contributed by atoms with E-state index in [1.54, 1.807) is 28.8 Å². The Kier molecular flexibility index (Phi) is 2.35. The second-order valence-electron chi connectivity index (χ2n) is 4.62. The van der Waals surface area contributed by atoms with Gasteiger partial charge in [-0.15, -0.1) is 0 Å². The van der Waals surface area contributed by atoms with E-state index in [9.17, 15) is 14.7 Å². The highest BCUT2D eigenvalue weighted by Crippen LogP contribution is 2.48. The molecule has 0 aromatic carbocycles. The molecule has 0 saturated heterocycles. The normalized spacial score (nSPS) is 16.3. The van der Waals surface area contributed by atoms with Gasteiger partial charge in [0.1, 0.15) is 11.2 Å². The maximum absolute atomic E-state index is 11.9. The van der Waals surface area contributed by atoms with Crippen LogP contribution >= 0.6 is 0 Å². The second kappa shape index (κ2) is 3.81. The van der Waals surface area contributed by atoms with Crippen LogP contribution in [0, 0.1) is 0 Å². The van der Waals surface area contributed by atoms with Gasteiger partial charge in [-0.05, 0) is 25.0 Å². The van der Waals surface area contributed by atoms with E-state index in [4.69, 9.17) is 4.74 Å². The number of aromatic nitrogens is 2. The summed E-state index contributed by atoms with van der Waals surface area (Å²) < 4.78 is 6.47. The number of carboxylic acids is 1. The molecule has 0 unspecified atom stereocenters. The summed E-state index contributed by atoms with van der Waals surface area (Å²) in [5, 5.41) is 9.19. The number of esters is 1. The van der Waals surface area contributed by atoms with Crippen molar-refractivity contribution in [2.24, 2.45) is 0 Å². The Morgan fingerprint density at radius 2 is 2.16 bits per heavy atom. The van der Waals surface area contributed by atoms with Crippen molar-refractivity contribution in [2.75, 3.05) is 7.11 Å². The van der Waals surface area contributed by atoms with Gasteiger partial charge >= 0.3 is 11.9 Å². The third-order valence-electron chi connectivity index (χ3n) is 3.51. The van der Waals surface area contributed by atoms with Gasteiger partial charge in [-0.1, -0.05) is 6.07 Å². The molecule has 2 aromatic heterocycles. The minimum absolute atomic E-state index is 0.0363. The monoisotopic (exact) mass is 260 g/mol. The first-order valence-electron chi connectivity index (χ1n) is 5.89. The van der Waals surface area contributed by atoms with Crippen LogP contribution < -0.4 is 0 Å². The molecule has 0 aliphatic heterocycles. The summed E-state index contributed by atoms with van der Waals surface area (Å²) in [6, 6.07) is 5.19. The predicted octanol–water partition coefficient (Wildman–Crippen LogP) is 1.24. The van der Waals surface area contributed by atoms with Crippen LogP contribution in [0.3, 0.4) is 0 Å². The van der Waals surface area contributed by atoms with Gasteiger partial charge in [-0.25, -0.2) is 9.78 Å². The summed E-state index contributed by atoms with van der Waals surface area (Å²) in [6.07, 6.45) is 2.98. The summed E-state index contributed by atoms with van der Waals surface area (Å²) in [6.45, 7) is 0. The molecule has 0 spiro atoms. The standard InChI is InChI=1S/C13H12N2O4/c1-19-12(18)13(5-6-13)11-14-9(10(16)17)8-4-2-3-7-15(8)11/h2-4,7H,5-6H2,1H3,(H,16,17). The largest absolute Gasteiger partial charge is 0.476 e. The summed E-state index contributed by atoms with van der Waals surface area (Å²) in [7, 11) is 1.33. The number of nitrogens with zero attached hydrogens (tertiary/aromatic N) is 2. The van der Waals surface area contributed by atoms with Crippen LogP contribution in [0.1, 0.15) is 29.2 Å². The van der Waals surface area contributed by atoms with Gasteiger partial charge in [0.2, 0.25) is 0 Å². The fourth-order valence-electron chi connectivity index (χ4n) is 2.37. The number of hydrogen-bond donors (Lipinski definition) is 1. The lowest BCUT2D eigenvalue weighted by atomic mass is 10.1. The average molecular weight is 260 g/mol. The first kappa shape index (κ1) is 11.7. The van der Waals surface area contributed by atoms with Crippen LogP contribution in [-0.4, -0.2) is 33.5 Å². The van der Waals surface area contributed by atoms with Crippen molar-refractivity contribution in [1.82, 2.24) is 9.38 Å². The van der Waals surface area contributed by atoms with Crippen LogP contribution in [0.4, 0.5) is 0 Å². The number of pyridine rings is 1. The molecular formula is C13H12N2O4. The van der Waals surface area contributed by atoms with Crippen LogP contribution in [0.2, 0.25) is 0 Å². The Morgan fingerprint density at radius 1 is 1.42 bits per heavy atom. The molecule has 2 aromatic rings. The van der Waals surface area contributed by atoms with Gasteiger partial charge in [0, 0.05) is 6.20 Å². The van der Waals surface area contributed by atoms with E-state index in [1.807, 2.05) is 0 Å². The van der Waals surface area contributed by atoms with Gasteiger partial charge in [0.15, 0.2) is 5.69 Å². The van der Waals surface area contributed by atoms with Gasteiger partial charge in [-0.2, -0.15) is 0 Å². The lowest BCUT2D eigenvalue weighted by molar-refractivity contribution is -0.143. The van der Waals surface area contributed by atoms with Gasteiger partial charge in [-0.3, -0.25) is 4.79 Å². The highest BCUT2D eigenvalue weighted by atomic mass is 16.5. The first-order valence-corrected chi connectivity index (χ1v) is 5.89. The molecule has 0 atom stereocenters. The van der Waals surface area contributed by atoms with Crippen molar-refractivity contribution in [3.05, 3.63) is 35.9 Å². The van der Waals surface area contributed by atoms with E-state index < -0.39 is 11.4 Å². The molecule has 6 nitrogen and oxygen atoms in total. The SMILES string of the molecule is COC(=O)C1(c2nc(C(=O)O)c3ccccn23)CC1. The number of carbonyl (C=O) groups excluding carboxylic acids is 1. The minimum Gasteiger partial charge on any atom is -0.476 e. The molecule has 1 aliphatic carbocycles. The van der Waals surface area contributed by atoms with E-state index in [1.165, 1.54) is 7.11 Å². The maximum Gasteiger partial charge on any atom is 0.356 e. The molecule has 0 bridgehead atoms.